The molecule has 0 fully saturated rings. The van der Waals surface area contributed by atoms with E-state index in [0.717, 1.165) is 23.1 Å². The summed E-state index contributed by atoms with van der Waals surface area (Å²) in [6, 6.07) is 13.9. The van der Waals surface area contributed by atoms with E-state index in [4.69, 9.17) is 9.47 Å². The van der Waals surface area contributed by atoms with E-state index in [1.807, 2.05) is 49.4 Å². The van der Waals surface area contributed by atoms with Crippen LogP contribution in [-0.4, -0.2) is 13.1 Å². The highest BCUT2D eigenvalue weighted by molar-refractivity contribution is 5.94. The predicted octanol–water partition coefficient (Wildman–Crippen LogP) is 4.56. The lowest BCUT2D eigenvalue weighted by atomic mass is 9.95. The normalized spacial score (nSPS) is 10.7. The topological polar surface area (TPSA) is 35.5 Å². The van der Waals surface area contributed by atoms with Crippen molar-refractivity contribution >= 4 is 5.97 Å². The van der Waals surface area contributed by atoms with Crippen LogP contribution in [0.2, 0.25) is 0 Å². The summed E-state index contributed by atoms with van der Waals surface area (Å²) in [4.78, 5) is 12.3. The molecule has 0 atom stereocenters. The Kier molecular flexibility index (Phi) is 5.80. The fraction of sp³-hybridized carbons (Fsp3) is 0.350. The summed E-state index contributed by atoms with van der Waals surface area (Å²) in [5.74, 6) is 0.697. The summed E-state index contributed by atoms with van der Waals surface area (Å²) >= 11 is 0. The lowest BCUT2D eigenvalue weighted by Crippen LogP contribution is -2.11. The van der Waals surface area contributed by atoms with Gasteiger partial charge in [0, 0.05) is 0 Å². The van der Waals surface area contributed by atoms with Gasteiger partial charge in [-0.15, -0.1) is 0 Å². The first-order valence-electron chi connectivity index (χ1n) is 7.89. The Bertz CT molecular complexity index is 660. The van der Waals surface area contributed by atoms with Crippen molar-refractivity contribution in [2.24, 2.45) is 5.92 Å². The highest BCUT2D eigenvalue weighted by atomic mass is 16.5. The minimum absolute atomic E-state index is 0.344. The van der Waals surface area contributed by atoms with E-state index in [-0.39, 0.29) is 5.97 Å². The monoisotopic (exact) mass is 312 g/mol. The Labute approximate surface area is 138 Å². The summed E-state index contributed by atoms with van der Waals surface area (Å²) in [5, 5.41) is 0. The van der Waals surface area contributed by atoms with E-state index in [9.17, 15) is 4.79 Å². The molecule has 122 valence electrons. The number of methoxy groups -OCH3 is 1. The van der Waals surface area contributed by atoms with Crippen LogP contribution in [0.25, 0.3) is 0 Å². The third kappa shape index (κ3) is 4.59. The maximum absolute atomic E-state index is 12.3. The molecule has 0 saturated carbocycles. The third-order valence-corrected chi connectivity index (χ3v) is 3.58. The van der Waals surface area contributed by atoms with Gasteiger partial charge in [0.25, 0.3) is 0 Å². The molecule has 0 aliphatic carbocycles. The zero-order valence-corrected chi connectivity index (χ0v) is 14.3. The zero-order chi connectivity index (χ0) is 16.8. The molecule has 2 aromatic rings. The first-order valence-corrected chi connectivity index (χ1v) is 7.89. The first-order chi connectivity index (χ1) is 11.0. The summed E-state index contributed by atoms with van der Waals surface area (Å²) in [6.45, 7) is 6.71. The molecule has 0 spiro atoms. The summed E-state index contributed by atoms with van der Waals surface area (Å²) in [5.41, 5.74) is 3.67. The van der Waals surface area contributed by atoms with E-state index in [0.29, 0.717) is 23.8 Å². The van der Waals surface area contributed by atoms with Crippen LogP contribution < -0.4 is 4.74 Å². The fourth-order valence-corrected chi connectivity index (χ4v) is 2.61. The standard InChI is InChI=1S/C20H24O3/c1-14(2)10-17-11-15(3)12-18(19(17)20(21)22-4)23-13-16-8-6-5-7-9-16/h5-9,11-12,14H,10,13H2,1-4H3. The molecule has 0 aliphatic heterocycles. The van der Waals surface area contributed by atoms with Crippen molar-refractivity contribution in [1.29, 1.82) is 0 Å². The minimum Gasteiger partial charge on any atom is -0.488 e. The van der Waals surface area contributed by atoms with Gasteiger partial charge in [-0.1, -0.05) is 50.2 Å². The zero-order valence-electron chi connectivity index (χ0n) is 14.3. The van der Waals surface area contributed by atoms with Crippen molar-refractivity contribution in [2.75, 3.05) is 7.11 Å². The molecule has 0 aliphatic rings. The number of esters is 1. The smallest absolute Gasteiger partial charge is 0.341 e. The summed E-state index contributed by atoms with van der Waals surface area (Å²) in [7, 11) is 1.41. The quantitative estimate of drug-likeness (QED) is 0.734. The van der Waals surface area contributed by atoms with Crippen molar-refractivity contribution in [3.05, 3.63) is 64.7 Å². The average molecular weight is 312 g/mol. The molecule has 2 aromatic carbocycles. The van der Waals surface area contributed by atoms with Gasteiger partial charge in [0.2, 0.25) is 0 Å². The highest BCUT2D eigenvalue weighted by Crippen LogP contribution is 2.28. The van der Waals surface area contributed by atoms with Gasteiger partial charge in [-0.05, 0) is 42.0 Å². The molecule has 0 saturated heterocycles. The van der Waals surface area contributed by atoms with Crippen molar-refractivity contribution < 1.29 is 14.3 Å². The molecule has 0 unspecified atom stereocenters. The second-order valence-corrected chi connectivity index (χ2v) is 6.16. The van der Waals surface area contributed by atoms with Gasteiger partial charge in [-0.3, -0.25) is 0 Å². The third-order valence-electron chi connectivity index (χ3n) is 3.58. The summed E-state index contributed by atoms with van der Waals surface area (Å²) < 4.78 is 10.9. The number of benzene rings is 2. The van der Waals surface area contributed by atoms with E-state index < -0.39 is 0 Å². The second-order valence-electron chi connectivity index (χ2n) is 6.16. The molecule has 0 radical (unpaired) electrons. The van der Waals surface area contributed by atoms with Gasteiger partial charge < -0.3 is 9.47 Å². The Morgan fingerprint density at radius 3 is 2.43 bits per heavy atom. The number of carbonyl (C=O) groups excluding carboxylic acids is 1. The number of hydrogen-bond acceptors (Lipinski definition) is 3. The Morgan fingerprint density at radius 2 is 1.83 bits per heavy atom. The Morgan fingerprint density at radius 1 is 1.13 bits per heavy atom. The SMILES string of the molecule is COC(=O)c1c(CC(C)C)cc(C)cc1OCc1ccccc1. The van der Waals surface area contributed by atoms with Crippen LogP contribution in [0.3, 0.4) is 0 Å². The molecule has 2 rings (SSSR count). The summed E-state index contributed by atoms with van der Waals surface area (Å²) in [6.07, 6.45) is 0.813. The number of aryl methyl sites for hydroxylation is 1. The average Bonchev–Trinajstić information content (AvgIpc) is 2.52. The number of carbonyl (C=O) groups is 1. The molecule has 0 aromatic heterocycles. The molecule has 23 heavy (non-hydrogen) atoms. The number of hydrogen-bond donors (Lipinski definition) is 0. The molecule has 0 heterocycles. The van der Waals surface area contributed by atoms with Crippen LogP contribution in [0.15, 0.2) is 42.5 Å². The molecule has 3 heteroatoms. The van der Waals surface area contributed by atoms with Gasteiger partial charge in [0.15, 0.2) is 0 Å². The molecule has 0 amide bonds. The lowest BCUT2D eigenvalue weighted by molar-refractivity contribution is 0.0594. The number of rotatable bonds is 6. The van der Waals surface area contributed by atoms with Gasteiger partial charge >= 0.3 is 5.97 Å². The van der Waals surface area contributed by atoms with Crippen LogP contribution in [-0.2, 0) is 17.8 Å². The molecule has 0 N–H and O–H groups in total. The van der Waals surface area contributed by atoms with Gasteiger partial charge in [-0.25, -0.2) is 4.79 Å². The van der Waals surface area contributed by atoms with Gasteiger partial charge in [-0.2, -0.15) is 0 Å². The van der Waals surface area contributed by atoms with Gasteiger partial charge in [0.05, 0.1) is 7.11 Å². The molecule has 0 bridgehead atoms. The van der Waals surface area contributed by atoms with Crippen molar-refractivity contribution in [3.8, 4) is 5.75 Å². The van der Waals surface area contributed by atoms with E-state index >= 15 is 0 Å². The fourth-order valence-electron chi connectivity index (χ4n) is 2.61. The maximum atomic E-state index is 12.3. The minimum atomic E-state index is -0.344. The van der Waals surface area contributed by atoms with E-state index in [2.05, 4.69) is 13.8 Å². The van der Waals surface area contributed by atoms with Crippen LogP contribution >= 0.6 is 0 Å². The van der Waals surface area contributed by atoms with Crippen LogP contribution in [0.5, 0.6) is 5.75 Å². The van der Waals surface area contributed by atoms with Crippen molar-refractivity contribution in [2.45, 2.75) is 33.8 Å². The maximum Gasteiger partial charge on any atom is 0.341 e. The van der Waals surface area contributed by atoms with Crippen molar-refractivity contribution in [1.82, 2.24) is 0 Å². The van der Waals surface area contributed by atoms with Crippen LogP contribution in [0.4, 0.5) is 0 Å². The highest BCUT2D eigenvalue weighted by Gasteiger charge is 2.20. The van der Waals surface area contributed by atoms with Gasteiger partial charge in [0.1, 0.15) is 17.9 Å². The van der Waals surface area contributed by atoms with Crippen LogP contribution in [0.1, 0.15) is 40.9 Å². The van der Waals surface area contributed by atoms with E-state index in [1.165, 1.54) is 7.11 Å². The Balaban J connectivity index is 2.35. The second kappa shape index (κ2) is 7.82. The molecular weight excluding hydrogens is 288 g/mol. The van der Waals surface area contributed by atoms with E-state index in [1.54, 1.807) is 0 Å². The molecular formula is C20H24O3. The predicted molar refractivity (Wildman–Crippen MR) is 91.8 cm³/mol. The molecule has 3 nitrogen and oxygen atoms in total. The Hall–Kier alpha value is -2.29. The van der Waals surface area contributed by atoms with Crippen LogP contribution in [0, 0.1) is 12.8 Å². The van der Waals surface area contributed by atoms with Crippen molar-refractivity contribution in [3.63, 3.8) is 0 Å². The largest absolute Gasteiger partial charge is 0.488 e. The first kappa shape index (κ1) is 17.1. The lowest BCUT2D eigenvalue weighted by Gasteiger charge is -2.17. The number of ether oxygens (including phenoxy) is 2.